The maximum absolute atomic E-state index is 12.4. The van der Waals surface area contributed by atoms with E-state index in [2.05, 4.69) is 15.9 Å². The molecule has 6 heteroatoms. The van der Waals surface area contributed by atoms with E-state index >= 15 is 0 Å². The first-order valence-electron chi connectivity index (χ1n) is 6.35. The van der Waals surface area contributed by atoms with Gasteiger partial charge in [0.25, 0.3) is 11.6 Å². The van der Waals surface area contributed by atoms with Crippen LogP contribution >= 0.6 is 15.9 Å². The van der Waals surface area contributed by atoms with Gasteiger partial charge in [0.1, 0.15) is 0 Å². The van der Waals surface area contributed by atoms with Crippen LogP contribution in [0.15, 0.2) is 16.6 Å². The lowest BCUT2D eigenvalue weighted by molar-refractivity contribution is -0.385. The first-order valence-corrected chi connectivity index (χ1v) is 7.15. The number of benzene rings is 1. The Labute approximate surface area is 118 Å². The number of nitrogens with zero attached hydrogens (tertiary/aromatic N) is 2. The molecule has 3 rings (SSSR count). The molecule has 0 spiro atoms. The van der Waals surface area contributed by atoms with Crippen molar-refractivity contribution in [3.05, 3.63) is 37.8 Å². The van der Waals surface area contributed by atoms with Crippen LogP contribution in [0.25, 0.3) is 0 Å². The molecule has 0 unspecified atom stereocenters. The fourth-order valence-electron chi connectivity index (χ4n) is 3.05. The molecule has 1 aromatic rings. The van der Waals surface area contributed by atoms with Crippen molar-refractivity contribution in [2.75, 3.05) is 0 Å². The largest absolute Gasteiger partial charge is 0.331 e. The molecule has 19 heavy (non-hydrogen) atoms. The average Bonchev–Trinajstić information content (AvgIpc) is 2.97. The van der Waals surface area contributed by atoms with Crippen LogP contribution in [0.1, 0.15) is 41.6 Å². The predicted octanol–water partition coefficient (Wildman–Crippen LogP) is 3.26. The minimum atomic E-state index is -0.408. The standard InChI is InChI=1S/C13H13BrN2O3/c14-8-5-10-11(12(6-8)16(18)19)7-15(13(10)17)9-3-1-2-4-9/h5-6,9H,1-4,7H2. The highest BCUT2D eigenvalue weighted by molar-refractivity contribution is 9.10. The van der Waals surface area contributed by atoms with Crippen LogP contribution in [-0.2, 0) is 6.54 Å². The molecule has 0 radical (unpaired) electrons. The van der Waals surface area contributed by atoms with Gasteiger partial charge in [-0.3, -0.25) is 14.9 Å². The van der Waals surface area contributed by atoms with E-state index < -0.39 is 4.92 Å². The van der Waals surface area contributed by atoms with Crippen molar-refractivity contribution < 1.29 is 9.72 Å². The normalized spacial score (nSPS) is 19.0. The number of carbonyl (C=O) groups is 1. The van der Waals surface area contributed by atoms with Crippen LogP contribution in [0.4, 0.5) is 5.69 Å². The fourth-order valence-corrected chi connectivity index (χ4v) is 3.50. The van der Waals surface area contributed by atoms with Gasteiger partial charge >= 0.3 is 0 Å². The first kappa shape index (κ1) is 12.6. The number of hydrogen-bond donors (Lipinski definition) is 0. The molecule has 0 aromatic heterocycles. The Morgan fingerprint density at radius 1 is 1.32 bits per heavy atom. The highest BCUT2D eigenvalue weighted by Gasteiger charge is 2.38. The van der Waals surface area contributed by atoms with Crippen LogP contribution in [0.2, 0.25) is 0 Å². The Balaban J connectivity index is 2.02. The summed E-state index contributed by atoms with van der Waals surface area (Å²) in [6.07, 6.45) is 4.29. The smallest absolute Gasteiger partial charge is 0.276 e. The molecule has 100 valence electrons. The third kappa shape index (κ3) is 2.04. The number of rotatable bonds is 2. The number of nitro benzene ring substituents is 1. The number of amides is 1. The van der Waals surface area contributed by atoms with Gasteiger partial charge in [0, 0.05) is 16.6 Å². The first-order chi connectivity index (χ1) is 9.08. The second-order valence-corrected chi connectivity index (χ2v) is 6.00. The molecule has 1 aliphatic carbocycles. The molecule has 1 aliphatic heterocycles. The third-order valence-corrected chi connectivity index (χ3v) is 4.43. The topological polar surface area (TPSA) is 63.4 Å². The van der Waals surface area contributed by atoms with Gasteiger partial charge in [-0.2, -0.15) is 0 Å². The summed E-state index contributed by atoms with van der Waals surface area (Å²) in [5, 5.41) is 11.1. The van der Waals surface area contributed by atoms with Crippen LogP contribution in [-0.4, -0.2) is 21.8 Å². The van der Waals surface area contributed by atoms with Gasteiger partial charge < -0.3 is 4.90 Å². The van der Waals surface area contributed by atoms with E-state index in [0.717, 1.165) is 25.7 Å². The average molecular weight is 325 g/mol. The molecule has 0 N–H and O–H groups in total. The number of fused-ring (bicyclic) bond motifs is 1. The molecule has 0 atom stereocenters. The summed E-state index contributed by atoms with van der Waals surface area (Å²) >= 11 is 3.24. The van der Waals surface area contributed by atoms with Gasteiger partial charge in [-0.1, -0.05) is 28.8 Å². The Kier molecular flexibility index (Phi) is 3.05. The monoisotopic (exact) mass is 324 g/mol. The molecule has 1 heterocycles. The van der Waals surface area contributed by atoms with Gasteiger partial charge in [0.05, 0.1) is 22.6 Å². The van der Waals surface area contributed by atoms with Crippen molar-refractivity contribution in [1.29, 1.82) is 0 Å². The summed E-state index contributed by atoms with van der Waals surface area (Å²) in [6, 6.07) is 3.42. The summed E-state index contributed by atoms with van der Waals surface area (Å²) in [5.74, 6) is -0.0636. The minimum absolute atomic E-state index is 0.0400. The Hall–Kier alpha value is -1.43. The zero-order chi connectivity index (χ0) is 13.6. The zero-order valence-corrected chi connectivity index (χ0v) is 11.9. The van der Waals surface area contributed by atoms with E-state index in [-0.39, 0.29) is 17.6 Å². The van der Waals surface area contributed by atoms with Gasteiger partial charge in [0.2, 0.25) is 0 Å². The summed E-state index contributed by atoms with van der Waals surface area (Å²) in [7, 11) is 0. The van der Waals surface area contributed by atoms with Gasteiger partial charge in [-0.05, 0) is 18.9 Å². The van der Waals surface area contributed by atoms with E-state index in [9.17, 15) is 14.9 Å². The van der Waals surface area contributed by atoms with Crippen LogP contribution in [0.3, 0.4) is 0 Å². The van der Waals surface area contributed by atoms with Gasteiger partial charge in [-0.25, -0.2) is 0 Å². The van der Waals surface area contributed by atoms with Crippen LogP contribution in [0, 0.1) is 10.1 Å². The van der Waals surface area contributed by atoms with Crippen molar-refractivity contribution in [3.63, 3.8) is 0 Å². The molecule has 1 amide bonds. The third-order valence-electron chi connectivity index (χ3n) is 3.97. The second-order valence-electron chi connectivity index (χ2n) is 5.08. The summed E-state index contributed by atoms with van der Waals surface area (Å²) in [5.41, 5.74) is 1.08. The Bertz CT molecular complexity index is 567. The van der Waals surface area contributed by atoms with E-state index in [1.807, 2.05) is 0 Å². The molecular weight excluding hydrogens is 312 g/mol. The van der Waals surface area contributed by atoms with E-state index in [4.69, 9.17) is 0 Å². The molecule has 1 aromatic carbocycles. The minimum Gasteiger partial charge on any atom is -0.331 e. The molecule has 5 nitrogen and oxygen atoms in total. The Morgan fingerprint density at radius 2 is 2.00 bits per heavy atom. The van der Waals surface area contributed by atoms with E-state index in [1.54, 1.807) is 11.0 Å². The number of halogens is 1. The highest BCUT2D eigenvalue weighted by atomic mass is 79.9. The van der Waals surface area contributed by atoms with Crippen molar-refractivity contribution in [1.82, 2.24) is 4.90 Å². The van der Waals surface area contributed by atoms with Gasteiger partial charge in [-0.15, -0.1) is 0 Å². The second kappa shape index (κ2) is 4.59. The van der Waals surface area contributed by atoms with E-state index in [1.165, 1.54) is 6.07 Å². The zero-order valence-electron chi connectivity index (χ0n) is 10.3. The predicted molar refractivity (Wildman–Crippen MR) is 72.9 cm³/mol. The summed E-state index contributed by atoms with van der Waals surface area (Å²) < 4.78 is 0.583. The number of carbonyl (C=O) groups excluding carboxylic acids is 1. The number of hydrogen-bond acceptors (Lipinski definition) is 3. The maximum Gasteiger partial charge on any atom is 0.276 e. The molecule has 0 saturated heterocycles. The van der Waals surface area contributed by atoms with Crippen molar-refractivity contribution in [2.45, 2.75) is 38.3 Å². The van der Waals surface area contributed by atoms with Gasteiger partial charge in [0.15, 0.2) is 0 Å². The molecule has 1 saturated carbocycles. The van der Waals surface area contributed by atoms with Crippen LogP contribution in [0.5, 0.6) is 0 Å². The highest BCUT2D eigenvalue weighted by Crippen LogP contribution is 2.37. The van der Waals surface area contributed by atoms with Crippen molar-refractivity contribution in [2.24, 2.45) is 0 Å². The molecular formula is C13H13BrN2O3. The molecule has 0 bridgehead atoms. The summed E-state index contributed by atoms with van der Waals surface area (Å²) in [4.78, 5) is 24.9. The quantitative estimate of drug-likeness (QED) is 0.619. The Morgan fingerprint density at radius 3 is 2.63 bits per heavy atom. The van der Waals surface area contributed by atoms with E-state index in [0.29, 0.717) is 22.1 Å². The summed E-state index contributed by atoms with van der Waals surface area (Å²) in [6.45, 7) is 0.377. The lowest BCUT2D eigenvalue weighted by Crippen LogP contribution is -2.33. The molecule has 1 fully saturated rings. The lowest BCUT2D eigenvalue weighted by atomic mass is 10.1. The lowest BCUT2D eigenvalue weighted by Gasteiger charge is -2.23. The van der Waals surface area contributed by atoms with Crippen molar-refractivity contribution in [3.8, 4) is 0 Å². The number of nitro groups is 1. The maximum atomic E-state index is 12.4. The fraction of sp³-hybridized carbons (Fsp3) is 0.462. The van der Waals surface area contributed by atoms with Crippen LogP contribution < -0.4 is 0 Å². The SMILES string of the molecule is O=C1c2cc(Br)cc([N+](=O)[O-])c2CN1C1CCCC1. The van der Waals surface area contributed by atoms with Crippen molar-refractivity contribution >= 4 is 27.5 Å². The molecule has 2 aliphatic rings.